The summed E-state index contributed by atoms with van der Waals surface area (Å²) in [6.45, 7) is 4.64. The van der Waals surface area contributed by atoms with Crippen molar-refractivity contribution in [3.05, 3.63) is 28.2 Å². The molecule has 0 radical (unpaired) electrons. The highest BCUT2D eigenvalue weighted by molar-refractivity contribution is 9.10. The molecule has 5 heteroatoms. The first-order chi connectivity index (χ1) is 8.88. The van der Waals surface area contributed by atoms with Crippen LogP contribution in [0.1, 0.15) is 38.2 Å². The van der Waals surface area contributed by atoms with Crippen molar-refractivity contribution in [1.82, 2.24) is 4.72 Å². The summed E-state index contributed by atoms with van der Waals surface area (Å²) < 4.78 is 28.0. The van der Waals surface area contributed by atoms with Crippen LogP contribution in [0.4, 0.5) is 0 Å². The van der Waals surface area contributed by atoms with Crippen LogP contribution < -0.4 is 4.72 Å². The zero-order valence-corrected chi connectivity index (χ0v) is 13.8. The Morgan fingerprint density at radius 2 is 2.05 bits per heavy atom. The van der Waals surface area contributed by atoms with E-state index in [1.807, 2.05) is 19.1 Å². The molecule has 106 valence electrons. The molecule has 1 saturated carbocycles. The second-order valence-electron chi connectivity index (χ2n) is 5.51. The van der Waals surface area contributed by atoms with Crippen LogP contribution in [0.2, 0.25) is 0 Å². The van der Waals surface area contributed by atoms with Crippen LogP contribution in [0.15, 0.2) is 27.6 Å². The third-order valence-corrected chi connectivity index (χ3v) is 6.13. The van der Waals surface area contributed by atoms with Crippen LogP contribution in [0.25, 0.3) is 0 Å². The van der Waals surface area contributed by atoms with E-state index in [1.54, 1.807) is 6.07 Å². The topological polar surface area (TPSA) is 46.2 Å². The minimum atomic E-state index is -3.42. The van der Waals surface area contributed by atoms with Gasteiger partial charge >= 0.3 is 0 Å². The maximum absolute atomic E-state index is 12.3. The number of halogens is 1. The summed E-state index contributed by atoms with van der Waals surface area (Å²) in [4.78, 5) is 0.324. The summed E-state index contributed by atoms with van der Waals surface area (Å²) in [7, 11) is -3.42. The van der Waals surface area contributed by atoms with E-state index in [1.165, 1.54) is 0 Å². The summed E-state index contributed by atoms with van der Waals surface area (Å²) in [6.07, 6.45) is 4.48. The van der Waals surface area contributed by atoms with Gasteiger partial charge in [-0.2, -0.15) is 0 Å². The van der Waals surface area contributed by atoms with Gasteiger partial charge < -0.3 is 0 Å². The Balaban J connectivity index is 2.10. The van der Waals surface area contributed by atoms with Crippen LogP contribution in [0, 0.1) is 12.3 Å². The average molecular weight is 346 g/mol. The maximum atomic E-state index is 12.3. The van der Waals surface area contributed by atoms with Crippen molar-refractivity contribution >= 4 is 26.0 Å². The first-order valence-electron chi connectivity index (χ1n) is 6.64. The zero-order valence-electron chi connectivity index (χ0n) is 11.4. The van der Waals surface area contributed by atoms with E-state index in [9.17, 15) is 8.42 Å². The number of nitrogens with one attached hydrogen (secondary N) is 1. The fourth-order valence-electron chi connectivity index (χ4n) is 2.37. The largest absolute Gasteiger partial charge is 0.241 e. The Morgan fingerprint density at radius 1 is 1.37 bits per heavy atom. The van der Waals surface area contributed by atoms with Gasteiger partial charge in [-0.3, -0.25) is 0 Å². The molecule has 2 rings (SSSR count). The molecule has 0 amide bonds. The standard InChI is InChI=1S/C14H20BrNO2S/c1-3-6-14(7-8-14)10-16-19(17,18)13-5-4-11(2)9-12(13)15/h4-5,9,16H,3,6-8,10H2,1-2H3. The van der Waals surface area contributed by atoms with Gasteiger partial charge in [0.2, 0.25) is 10.0 Å². The fourth-order valence-corrected chi connectivity index (χ4v) is 4.72. The molecule has 0 unspecified atom stereocenters. The summed E-state index contributed by atoms with van der Waals surface area (Å²) in [5, 5.41) is 0. The van der Waals surface area contributed by atoms with E-state index in [0.717, 1.165) is 31.2 Å². The normalized spacial score (nSPS) is 17.4. The average Bonchev–Trinajstić information content (AvgIpc) is 3.07. The number of hydrogen-bond donors (Lipinski definition) is 1. The van der Waals surface area contributed by atoms with Crippen molar-refractivity contribution in [3.8, 4) is 0 Å². The Bertz CT molecular complexity index is 565. The Morgan fingerprint density at radius 3 is 2.58 bits per heavy atom. The van der Waals surface area contributed by atoms with Crippen LogP contribution in [0.3, 0.4) is 0 Å². The van der Waals surface area contributed by atoms with E-state index in [0.29, 0.717) is 15.9 Å². The van der Waals surface area contributed by atoms with Gasteiger partial charge in [0.05, 0.1) is 4.90 Å². The highest BCUT2D eigenvalue weighted by Gasteiger charge is 2.42. The molecule has 1 N–H and O–H groups in total. The number of aryl methyl sites for hydroxylation is 1. The molecular formula is C14H20BrNO2S. The molecule has 0 bridgehead atoms. The molecule has 1 aliphatic carbocycles. The first-order valence-corrected chi connectivity index (χ1v) is 8.92. The lowest BCUT2D eigenvalue weighted by molar-refractivity contribution is 0.449. The predicted octanol–water partition coefficient (Wildman–Crippen LogP) is 3.62. The molecule has 0 aromatic heterocycles. The van der Waals surface area contributed by atoms with E-state index < -0.39 is 10.0 Å². The van der Waals surface area contributed by atoms with Crippen molar-refractivity contribution in [2.75, 3.05) is 6.54 Å². The van der Waals surface area contributed by atoms with Gasteiger partial charge in [-0.15, -0.1) is 0 Å². The van der Waals surface area contributed by atoms with Crippen molar-refractivity contribution in [2.24, 2.45) is 5.41 Å². The van der Waals surface area contributed by atoms with Gasteiger partial charge in [0.15, 0.2) is 0 Å². The highest BCUT2D eigenvalue weighted by Crippen LogP contribution is 2.49. The highest BCUT2D eigenvalue weighted by atomic mass is 79.9. The second kappa shape index (κ2) is 5.54. The van der Waals surface area contributed by atoms with Crippen molar-refractivity contribution < 1.29 is 8.42 Å². The predicted molar refractivity (Wildman–Crippen MR) is 80.6 cm³/mol. The van der Waals surface area contributed by atoms with Crippen LogP contribution >= 0.6 is 15.9 Å². The van der Waals surface area contributed by atoms with Gasteiger partial charge in [0.1, 0.15) is 0 Å². The molecule has 0 atom stereocenters. The SMILES string of the molecule is CCCC1(CNS(=O)(=O)c2ccc(C)cc2Br)CC1. The summed E-state index contributed by atoms with van der Waals surface area (Å²) >= 11 is 3.33. The Kier molecular flexibility index (Phi) is 4.38. The summed E-state index contributed by atoms with van der Waals surface area (Å²) in [6, 6.07) is 5.30. The molecule has 19 heavy (non-hydrogen) atoms. The molecule has 1 aromatic carbocycles. The van der Waals surface area contributed by atoms with Crippen molar-refractivity contribution in [1.29, 1.82) is 0 Å². The van der Waals surface area contributed by atoms with E-state index in [-0.39, 0.29) is 5.41 Å². The van der Waals surface area contributed by atoms with Crippen LogP contribution in [-0.2, 0) is 10.0 Å². The maximum Gasteiger partial charge on any atom is 0.241 e. The molecular weight excluding hydrogens is 326 g/mol. The first kappa shape index (κ1) is 15.0. The van der Waals surface area contributed by atoms with Gasteiger partial charge in [0, 0.05) is 11.0 Å². The third kappa shape index (κ3) is 3.58. The fraction of sp³-hybridized carbons (Fsp3) is 0.571. The van der Waals surface area contributed by atoms with E-state index >= 15 is 0 Å². The monoisotopic (exact) mass is 345 g/mol. The quantitative estimate of drug-likeness (QED) is 0.855. The third-order valence-electron chi connectivity index (χ3n) is 3.75. The van der Waals surface area contributed by atoms with Crippen LogP contribution in [0.5, 0.6) is 0 Å². The molecule has 1 aromatic rings. The van der Waals surface area contributed by atoms with Crippen molar-refractivity contribution in [3.63, 3.8) is 0 Å². The number of benzene rings is 1. The minimum Gasteiger partial charge on any atom is -0.211 e. The van der Waals surface area contributed by atoms with Gasteiger partial charge in [0.25, 0.3) is 0 Å². The molecule has 1 aliphatic rings. The minimum absolute atomic E-state index is 0.221. The molecule has 0 heterocycles. The van der Waals surface area contributed by atoms with E-state index in [2.05, 4.69) is 27.6 Å². The Labute approximate surface area is 124 Å². The van der Waals surface area contributed by atoms with Gasteiger partial charge in [-0.25, -0.2) is 13.1 Å². The van der Waals surface area contributed by atoms with Crippen LogP contribution in [-0.4, -0.2) is 15.0 Å². The molecule has 0 spiro atoms. The second-order valence-corrected chi connectivity index (χ2v) is 8.10. The number of sulfonamides is 1. The van der Waals surface area contributed by atoms with Gasteiger partial charge in [-0.05, 0) is 65.2 Å². The molecule has 0 aliphatic heterocycles. The molecule has 1 fully saturated rings. The molecule has 3 nitrogen and oxygen atoms in total. The number of rotatable bonds is 6. The summed E-state index contributed by atoms with van der Waals surface area (Å²) in [5.41, 5.74) is 1.26. The summed E-state index contributed by atoms with van der Waals surface area (Å²) in [5.74, 6) is 0. The Hall–Kier alpha value is -0.390. The van der Waals surface area contributed by atoms with E-state index in [4.69, 9.17) is 0 Å². The zero-order chi connectivity index (χ0) is 14.1. The lowest BCUT2D eigenvalue weighted by Crippen LogP contribution is -2.30. The lowest BCUT2D eigenvalue weighted by atomic mass is 10.0. The van der Waals surface area contributed by atoms with Gasteiger partial charge in [-0.1, -0.05) is 19.4 Å². The molecule has 0 saturated heterocycles. The van der Waals surface area contributed by atoms with Crippen molar-refractivity contribution in [2.45, 2.75) is 44.4 Å². The smallest absolute Gasteiger partial charge is 0.211 e. The lowest BCUT2D eigenvalue weighted by Gasteiger charge is -2.15. The number of hydrogen-bond acceptors (Lipinski definition) is 2.